The number of ether oxygens (including phenoxy) is 2. The summed E-state index contributed by atoms with van der Waals surface area (Å²) in [7, 11) is 1.54. The maximum Gasteiger partial charge on any atom is 0.257 e. The smallest absolute Gasteiger partial charge is 0.257 e. The van der Waals surface area contributed by atoms with E-state index in [1.54, 1.807) is 11.0 Å². The van der Waals surface area contributed by atoms with Gasteiger partial charge >= 0.3 is 0 Å². The molecule has 0 fully saturated rings. The van der Waals surface area contributed by atoms with Gasteiger partial charge in [-0.2, -0.15) is 0 Å². The van der Waals surface area contributed by atoms with Gasteiger partial charge in [0, 0.05) is 17.8 Å². The SMILES string of the molecule is C#CCOc1c(Cl)cc([C@@H]2Nc3ccccc3C(=O)N2CCC)cc1OC. The molecule has 2 aromatic rings. The van der Waals surface area contributed by atoms with Crippen molar-refractivity contribution in [3.63, 3.8) is 0 Å². The zero-order valence-electron chi connectivity index (χ0n) is 15.3. The van der Waals surface area contributed by atoms with E-state index in [4.69, 9.17) is 27.5 Å². The van der Waals surface area contributed by atoms with E-state index < -0.39 is 0 Å². The van der Waals surface area contributed by atoms with E-state index in [1.165, 1.54) is 7.11 Å². The summed E-state index contributed by atoms with van der Waals surface area (Å²) in [6, 6.07) is 11.1. The van der Waals surface area contributed by atoms with E-state index in [0.717, 1.165) is 17.7 Å². The highest BCUT2D eigenvalue weighted by atomic mass is 35.5. The van der Waals surface area contributed by atoms with Crippen LogP contribution in [0.25, 0.3) is 0 Å². The van der Waals surface area contributed by atoms with Gasteiger partial charge in [-0.15, -0.1) is 6.42 Å². The summed E-state index contributed by atoms with van der Waals surface area (Å²) in [5, 5.41) is 3.82. The first-order chi connectivity index (χ1) is 13.1. The number of terminal acetylenes is 1. The molecule has 0 saturated carbocycles. The minimum atomic E-state index is -0.361. The number of para-hydroxylation sites is 1. The number of carbonyl (C=O) groups is 1. The molecule has 0 spiro atoms. The monoisotopic (exact) mass is 384 g/mol. The molecule has 1 aliphatic heterocycles. The molecule has 1 N–H and O–H groups in total. The third-order valence-electron chi connectivity index (χ3n) is 4.35. The second-order valence-electron chi connectivity index (χ2n) is 6.12. The van der Waals surface area contributed by atoms with Gasteiger partial charge < -0.3 is 19.7 Å². The fourth-order valence-corrected chi connectivity index (χ4v) is 3.45. The molecule has 6 heteroatoms. The zero-order valence-corrected chi connectivity index (χ0v) is 16.0. The number of halogens is 1. The fraction of sp³-hybridized carbons (Fsp3) is 0.286. The predicted octanol–water partition coefficient (Wildman–Crippen LogP) is 4.34. The molecular formula is C21H21ClN2O3. The van der Waals surface area contributed by atoms with Crippen LogP contribution in [-0.4, -0.2) is 31.1 Å². The van der Waals surface area contributed by atoms with Gasteiger partial charge in [-0.05, 0) is 30.7 Å². The first-order valence-electron chi connectivity index (χ1n) is 8.71. The topological polar surface area (TPSA) is 50.8 Å². The van der Waals surface area contributed by atoms with Crippen LogP contribution in [0.2, 0.25) is 5.02 Å². The molecule has 2 aromatic carbocycles. The highest BCUT2D eigenvalue weighted by molar-refractivity contribution is 6.32. The summed E-state index contributed by atoms with van der Waals surface area (Å²) in [6.45, 7) is 2.74. The number of carbonyl (C=O) groups excluding carboxylic acids is 1. The number of anilines is 1. The van der Waals surface area contributed by atoms with Gasteiger partial charge in [0.25, 0.3) is 5.91 Å². The molecule has 0 aromatic heterocycles. The number of hydrogen-bond acceptors (Lipinski definition) is 4. The Balaban J connectivity index is 2.04. The van der Waals surface area contributed by atoms with Gasteiger partial charge in [0.1, 0.15) is 12.8 Å². The molecule has 1 amide bonds. The summed E-state index contributed by atoms with van der Waals surface area (Å²) in [5.41, 5.74) is 2.26. The average Bonchev–Trinajstić information content (AvgIpc) is 2.68. The number of methoxy groups -OCH3 is 1. The Morgan fingerprint density at radius 2 is 2.11 bits per heavy atom. The second kappa shape index (κ2) is 8.24. The van der Waals surface area contributed by atoms with E-state index in [2.05, 4.69) is 11.2 Å². The Labute approximate surface area is 164 Å². The average molecular weight is 385 g/mol. The minimum absolute atomic E-state index is 0.0149. The van der Waals surface area contributed by atoms with Crippen LogP contribution in [0.4, 0.5) is 5.69 Å². The molecule has 0 saturated heterocycles. The van der Waals surface area contributed by atoms with E-state index >= 15 is 0 Å². The fourth-order valence-electron chi connectivity index (χ4n) is 3.18. The quantitative estimate of drug-likeness (QED) is 0.753. The molecule has 1 atom stereocenters. The van der Waals surface area contributed by atoms with Crippen LogP contribution >= 0.6 is 11.6 Å². The lowest BCUT2D eigenvalue weighted by Crippen LogP contribution is -2.43. The second-order valence-corrected chi connectivity index (χ2v) is 6.53. The van der Waals surface area contributed by atoms with Gasteiger partial charge in [-0.3, -0.25) is 4.79 Å². The Morgan fingerprint density at radius 1 is 1.33 bits per heavy atom. The van der Waals surface area contributed by atoms with Crippen molar-refractivity contribution in [1.29, 1.82) is 0 Å². The van der Waals surface area contributed by atoms with Crippen molar-refractivity contribution in [2.45, 2.75) is 19.5 Å². The van der Waals surface area contributed by atoms with Crippen LogP contribution < -0.4 is 14.8 Å². The maximum atomic E-state index is 13.0. The van der Waals surface area contributed by atoms with E-state index in [9.17, 15) is 4.79 Å². The summed E-state index contributed by atoms with van der Waals surface area (Å²) < 4.78 is 10.9. The van der Waals surface area contributed by atoms with E-state index in [-0.39, 0.29) is 18.7 Å². The van der Waals surface area contributed by atoms with E-state index in [1.807, 2.05) is 37.3 Å². The number of nitrogens with zero attached hydrogens (tertiary/aromatic N) is 1. The van der Waals surface area contributed by atoms with Crippen LogP contribution in [0, 0.1) is 12.3 Å². The number of amides is 1. The predicted molar refractivity (Wildman–Crippen MR) is 106 cm³/mol. The third kappa shape index (κ3) is 3.67. The molecule has 1 heterocycles. The Bertz CT molecular complexity index is 891. The number of hydrogen-bond donors (Lipinski definition) is 1. The molecule has 0 radical (unpaired) electrons. The molecule has 27 heavy (non-hydrogen) atoms. The molecule has 0 aliphatic carbocycles. The Kier molecular flexibility index (Phi) is 5.78. The van der Waals surface area contributed by atoms with Crippen LogP contribution in [0.15, 0.2) is 36.4 Å². The zero-order chi connectivity index (χ0) is 19.4. The van der Waals surface area contributed by atoms with Crippen molar-refractivity contribution in [2.75, 3.05) is 25.6 Å². The molecule has 0 unspecified atom stereocenters. The molecular weight excluding hydrogens is 364 g/mol. The first-order valence-corrected chi connectivity index (χ1v) is 9.08. The van der Waals surface area contributed by atoms with Crippen molar-refractivity contribution in [2.24, 2.45) is 0 Å². The maximum absolute atomic E-state index is 13.0. The highest BCUT2D eigenvalue weighted by Crippen LogP contribution is 2.41. The first kappa shape index (κ1) is 18.9. The molecule has 3 rings (SSSR count). The van der Waals surface area contributed by atoms with E-state index in [0.29, 0.717) is 28.6 Å². The van der Waals surface area contributed by atoms with Crippen molar-refractivity contribution in [3.8, 4) is 23.8 Å². The summed E-state index contributed by atoms with van der Waals surface area (Å²) in [5.74, 6) is 3.26. The number of rotatable bonds is 6. The minimum Gasteiger partial charge on any atom is -0.493 e. The molecule has 140 valence electrons. The van der Waals surface area contributed by atoms with Crippen LogP contribution in [0.5, 0.6) is 11.5 Å². The van der Waals surface area contributed by atoms with Gasteiger partial charge in [0.15, 0.2) is 11.5 Å². The molecule has 5 nitrogen and oxygen atoms in total. The van der Waals surface area contributed by atoms with Gasteiger partial charge in [-0.25, -0.2) is 0 Å². The van der Waals surface area contributed by atoms with Gasteiger partial charge in [0.2, 0.25) is 0 Å². The van der Waals surface area contributed by atoms with Crippen LogP contribution in [0.3, 0.4) is 0 Å². The van der Waals surface area contributed by atoms with Crippen molar-refractivity contribution >= 4 is 23.2 Å². The summed E-state index contributed by atoms with van der Waals surface area (Å²) in [4.78, 5) is 14.8. The molecule has 0 bridgehead atoms. The molecule has 1 aliphatic rings. The number of fused-ring (bicyclic) bond motifs is 1. The van der Waals surface area contributed by atoms with Crippen molar-refractivity contribution < 1.29 is 14.3 Å². The van der Waals surface area contributed by atoms with Crippen LogP contribution in [0.1, 0.15) is 35.4 Å². The lowest BCUT2D eigenvalue weighted by molar-refractivity contribution is 0.0683. The highest BCUT2D eigenvalue weighted by Gasteiger charge is 2.33. The lowest BCUT2D eigenvalue weighted by atomic mass is 10.0. The largest absolute Gasteiger partial charge is 0.493 e. The lowest BCUT2D eigenvalue weighted by Gasteiger charge is -2.38. The Hall–Kier alpha value is -2.84. The van der Waals surface area contributed by atoms with Gasteiger partial charge in [0.05, 0.1) is 17.7 Å². The van der Waals surface area contributed by atoms with Crippen molar-refractivity contribution in [3.05, 3.63) is 52.5 Å². The number of benzene rings is 2. The normalized spacial score (nSPS) is 15.6. The third-order valence-corrected chi connectivity index (χ3v) is 4.63. The number of nitrogens with one attached hydrogen (secondary N) is 1. The standard InChI is InChI=1S/C21H21ClN2O3/c1-4-10-24-20(23-17-9-7-6-8-15(17)21(24)25)14-12-16(22)19(27-11-5-2)18(13-14)26-3/h2,6-9,12-13,20,23H,4,10-11H2,1,3H3/t20-/m1/s1. The van der Waals surface area contributed by atoms with Gasteiger partial charge in [-0.1, -0.05) is 36.6 Å². The Morgan fingerprint density at radius 3 is 2.81 bits per heavy atom. The summed E-state index contributed by atoms with van der Waals surface area (Å²) in [6.07, 6.45) is 5.74. The van der Waals surface area contributed by atoms with Crippen molar-refractivity contribution in [1.82, 2.24) is 4.90 Å². The summed E-state index contributed by atoms with van der Waals surface area (Å²) >= 11 is 6.42. The van der Waals surface area contributed by atoms with Crippen LogP contribution in [-0.2, 0) is 0 Å².